The van der Waals surface area contributed by atoms with E-state index in [-0.39, 0.29) is 17.8 Å². The van der Waals surface area contributed by atoms with E-state index in [4.69, 9.17) is 4.42 Å². The van der Waals surface area contributed by atoms with Crippen molar-refractivity contribution in [1.29, 1.82) is 0 Å². The Morgan fingerprint density at radius 2 is 1.83 bits per heavy atom. The van der Waals surface area contributed by atoms with Crippen LogP contribution in [-0.2, 0) is 0 Å². The van der Waals surface area contributed by atoms with Gasteiger partial charge in [0.2, 0.25) is 5.89 Å². The number of benzene rings is 3. The van der Waals surface area contributed by atoms with Crippen molar-refractivity contribution in [2.75, 3.05) is 0 Å². The molecule has 0 aliphatic rings. The fraction of sp³-hybridized carbons (Fsp3) is 0.0833. The molecule has 4 rings (SSSR count). The molecular weight excluding hydrogens is 447 g/mol. The van der Waals surface area contributed by atoms with Gasteiger partial charge in [-0.3, -0.25) is 4.79 Å². The van der Waals surface area contributed by atoms with Gasteiger partial charge >= 0.3 is 0 Å². The molecule has 0 unspecified atom stereocenters. The molecule has 4 aromatic rings. The van der Waals surface area contributed by atoms with Crippen LogP contribution in [-0.4, -0.2) is 10.9 Å². The Morgan fingerprint density at radius 3 is 2.60 bits per heavy atom. The first-order valence-corrected chi connectivity index (χ1v) is 10.2. The van der Waals surface area contributed by atoms with Gasteiger partial charge < -0.3 is 9.73 Å². The second kappa shape index (κ2) is 8.63. The molecule has 3 aromatic carbocycles. The topological polar surface area (TPSA) is 55.1 Å². The van der Waals surface area contributed by atoms with Crippen LogP contribution in [0.3, 0.4) is 0 Å². The van der Waals surface area contributed by atoms with Gasteiger partial charge in [-0.1, -0.05) is 52.3 Å². The van der Waals surface area contributed by atoms with Crippen molar-refractivity contribution in [3.63, 3.8) is 0 Å². The maximum absolute atomic E-state index is 13.2. The molecule has 0 radical (unpaired) electrons. The summed E-state index contributed by atoms with van der Waals surface area (Å²) in [7, 11) is 0. The zero-order valence-corrected chi connectivity index (χ0v) is 17.7. The van der Waals surface area contributed by atoms with Crippen molar-refractivity contribution in [1.82, 2.24) is 10.3 Å². The average Bonchev–Trinajstić information content (AvgIpc) is 3.24. The molecule has 1 atom stereocenters. The molecule has 0 aliphatic carbocycles. The van der Waals surface area contributed by atoms with E-state index in [2.05, 4.69) is 26.2 Å². The molecule has 0 aliphatic heterocycles. The lowest BCUT2D eigenvalue weighted by Gasteiger charge is -2.15. The Bertz CT molecular complexity index is 1190. The molecule has 30 heavy (non-hydrogen) atoms. The number of carbonyl (C=O) groups is 1. The summed E-state index contributed by atoms with van der Waals surface area (Å²) in [6.45, 7) is 1.85. The number of oxazole rings is 1. The Hall–Kier alpha value is -3.25. The van der Waals surface area contributed by atoms with E-state index >= 15 is 0 Å². The number of amides is 1. The normalized spacial score (nSPS) is 11.8. The number of nitrogens with one attached hydrogen (secondary N) is 1. The van der Waals surface area contributed by atoms with E-state index in [1.165, 1.54) is 12.1 Å². The summed E-state index contributed by atoms with van der Waals surface area (Å²) in [5, 5.41) is 2.95. The molecule has 0 fully saturated rings. The van der Waals surface area contributed by atoms with Gasteiger partial charge in [-0.2, -0.15) is 0 Å². The minimum Gasteiger partial charge on any atom is -0.436 e. The van der Waals surface area contributed by atoms with Crippen molar-refractivity contribution in [3.8, 4) is 22.8 Å². The largest absolute Gasteiger partial charge is 0.436 e. The summed E-state index contributed by atoms with van der Waals surface area (Å²) >= 11 is 3.45. The van der Waals surface area contributed by atoms with Crippen molar-refractivity contribution in [2.24, 2.45) is 0 Å². The number of hydrogen-bond acceptors (Lipinski definition) is 3. The molecule has 0 spiro atoms. The maximum Gasteiger partial charge on any atom is 0.252 e. The van der Waals surface area contributed by atoms with Crippen molar-refractivity contribution >= 4 is 21.8 Å². The summed E-state index contributed by atoms with van der Waals surface area (Å²) in [4.78, 5) is 17.3. The van der Waals surface area contributed by atoms with E-state index in [0.717, 1.165) is 15.6 Å². The quantitative estimate of drug-likeness (QED) is 0.371. The second-order valence-electron chi connectivity index (χ2n) is 6.83. The minimum absolute atomic E-state index is 0.260. The number of hydrogen-bond donors (Lipinski definition) is 1. The summed E-state index contributed by atoms with van der Waals surface area (Å²) in [5.74, 6) is 0.406. The molecule has 150 valence electrons. The predicted octanol–water partition coefficient (Wildman–Crippen LogP) is 6.40. The predicted molar refractivity (Wildman–Crippen MR) is 117 cm³/mol. The fourth-order valence-electron chi connectivity index (χ4n) is 3.15. The van der Waals surface area contributed by atoms with Crippen LogP contribution in [0.25, 0.3) is 22.8 Å². The zero-order chi connectivity index (χ0) is 21.1. The summed E-state index contributed by atoms with van der Waals surface area (Å²) in [5.41, 5.74) is 2.75. The molecule has 4 nitrogen and oxygen atoms in total. The van der Waals surface area contributed by atoms with Crippen LogP contribution >= 0.6 is 15.9 Å². The Morgan fingerprint density at radius 1 is 1.07 bits per heavy atom. The molecule has 1 aromatic heterocycles. The van der Waals surface area contributed by atoms with Crippen molar-refractivity contribution < 1.29 is 13.6 Å². The molecule has 0 saturated carbocycles. The minimum atomic E-state index is -0.312. The maximum atomic E-state index is 13.2. The zero-order valence-electron chi connectivity index (χ0n) is 16.1. The monoisotopic (exact) mass is 464 g/mol. The summed E-state index contributed by atoms with van der Waals surface area (Å²) in [6, 6.07) is 20.7. The average molecular weight is 465 g/mol. The Labute approximate surface area is 181 Å². The third-order valence-electron chi connectivity index (χ3n) is 4.73. The van der Waals surface area contributed by atoms with Gasteiger partial charge in [0.05, 0.1) is 17.8 Å². The van der Waals surface area contributed by atoms with E-state index in [0.29, 0.717) is 22.8 Å². The first-order chi connectivity index (χ1) is 14.5. The SMILES string of the molecule is C[C@@H](NC(=O)c1ccccc1-c1ncc(-c2cccc(Br)c2)o1)c1ccc(F)cc1. The van der Waals surface area contributed by atoms with Crippen LogP contribution in [0.4, 0.5) is 4.39 Å². The van der Waals surface area contributed by atoms with Gasteiger partial charge in [0.15, 0.2) is 5.76 Å². The van der Waals surface area contributed by atoms with Crippen LogP contribution in [0.5, 0.6) is 0 Å². The summed E-state index contributed by atoms with van der Waals surface area (Å²) in [6.07, 6.45) is 1.65. The smallest absolute Gasteiger partial charge is 0.252 e. The van der Waals surface area contributed by atoms with Crippen LogP contribution in [0.15, 0.2) is 87.9 Å². The van der Waals surface area contributed by atoms with Crippen LogP contribution in [0.2, 0.25) is 0 Å². The highest BCUT2D eigenvalue weighted by molar-refractivity contribution is 9.10. The van der Waals surface area contributed by atoms with Gasteiger partial charge in [-0.25, -0.2) is 9.37 Å². The molecule has 1 N–H and O–H groups in total. The van der Waals surface area contributed by atoms with Crippen molar-refractivity contribution in [3.05, 3.63) is 100 Å². The van der Waals surface area contributed by atoms with Gasteiger partial charge in [0, 0.05) is 15.6 Å². The van der Waals surface area contributed by atoms with Crippen LogP contribution in [0, 0.1) is 5.82 Å². The highest BCUT2D eigenvalue weighted by atomic mass is 79.9. The third kappa shape index (κ3) is 4.33. The van der Waals surface area contributed by atoms with Gasteiger partial charge in [0.1, 0.15) is 5.82 Å². The molecule has 1 amide bonds. The van der Waals surface area contributed by atoms with Gasteiger partial charge in [-0.15, -0.1) is 0 Å². The first-order valence-electron chi connectivity index (χ1n) is 9.39. The first kappa shape index (κ1) is 20.0. The third-order valence-corrected chi connectivity index (χ3v) is 5.23. The molecule has 1 heterocycles. The van der Waals surface area contributed by atoms with Gasteiger partial charge in [-0.05, 0) is 48.9 Å². The van der Waals surface area contributed by atoms with Crippen LogP contribution in [0.1, 0.15) is 28.9 Å². The van der Waals surface area contributed by atoms with E-state index in [9.17, 15) is 9.18 Å². The van der Waals surface area contributed by atoms with Gasteiger partial charge in [0.25, 0.3) is 5.91 Å². The molecule has 0 saturated heterocycles. The molecule has 0 bridgehead atoms. The number of rotatable bonds is 5. The number of aromatic nitrogens is 1. The van der Waals surface area contributed by atoms with Crippen LogP contribution < -0.4 is 5.32 Å². The highest BCUT2D eigenvalue weighted by Gasteiger charge is 2.19. The number of halogens is 2. The lowest BCUT2D eigenvalue weighted by atomic mass is 10.0. The van der Waals surface area contributed by atoms with E-state index in [1.807, 2.05) is 37.3 Å². The lowest BCUT2D eigenvalue weighted by molar-refractivity contribution is 0.0940. The Kier molecular flexibility index (Phi) is 5.77. The lowest BCUT2D eigenvalue weighted by Crippen LogP contribution is -2.27. The number of carbonyl (C=O) groups excluding carboxylic acids is 1. The van der Waals surface area contributed by atoms with E-state index in [1.54, 1.807) is 36.5 Å². The molecular formula is C24H18BrFN2O2. The van der Waals surface area contributed by atoms with Crippen molar-refractivity contribution in [2.45, 2.75) is 13.0 Å². The number of nitrogens with zero attached hydrogens (tertiary/aromatic N) is 1. The van der Waals surface area contributed by atoms with E-state index < -0.39 is 0 Å². The standard InChI is InChI=1S/C24H18BrFN2O2/c1-15(16-9-11-19(26)12-10-16)28-23(29)20-7-2-3-8-21(20)24-27-14-22(30-24)17-5-4-6-18(25)13-17/h2-15H,1H3,(H,28,29)/t15-/m1/s1. The second-order valence-corrected chi connectivity index (χ2v) is 7.75. The fourth-order valence-corrected chi connectivity index (χ4v) is 3.55. The summed E-state index contributed by atoms with van der Waals surface area (Å²) < 4.78 is 20.0. The molecule has 6 heteroatoms. The Balaban J connectivity index is 1.60. The highest BCUT2D eigenvalue weighted by Crippen LogP contribution is 2.29.